The lowest BCUT2D eigenvalue weighted by atomic mass is 10.1. The van der Waals surface area contributed by atoms with Crippen LogP contribution in [0, 0.1) is 5.82 Å². The van der Waals surface area contributed by atoms with E-state index in [2.05, 4.69) is 5.10 Å². The summed E-state index contributed by atoms with van der Waals surface area (Å²) in [5, 5.41) is 4.17. The molecule has 3 rings (SSSR count). The van der Waals surface area contributed by atoms with Gasteiger partial charge in [0.05, 0.1) is 23.9 Å². The van der Waals surface area contributed by atoms with Gasteiger partial charge < -0.3 is 15.5 Å². The third-order valence-corrected chi connectivity index (χ3v) is 4.90. The number of aromatic nitrogens is 2. The first kappa shape index (κ1) is 19.2. The number of amides is 2. The summed E-state index contributed by atoms with van der Waals surface area (Å²) >= 11 is 5.86. The lowest BCUT2D eigenvalue weighted by molar-refractivity contribution is -0.132. The molecule has 1 aromatic carbocycles. The fraction of sp³-hybridized carbons (Fsp3) is 0.389. The number of carbonyl (C=O) groups excluding carboxylic acids is 2. The highest BCUT2D eigenvalue weighted by molar-refractivity contribution is 6.31. The van der Waals surface area contributed by atoms with Crippen LogP contribution in [0.25, 0.3) is 0 Å². The Kier molecular flexibility index (Phi) is 5.36. The molecule has 1 aliphatic heterocycles. The maximum Gasteiger partial charge on any atom is 0.256 e. The third kappa shape index (κ3) is 4.05. The Morgan fingerprint density at radius 1 is 1.37 bits per heavy atom. The molecule has 1 aromatic heterocycles. The molecule has 1 saturated heterocycles. The summed E-state index contributed by atoms with van der Waals surface area (Å²) in [5.41, 5.74) is 6.39. The van der Waals surface area contributed by atoms with Gasteiger partial charge in [-0.2, -0.15) is 5.10 Å². The van der Waals surface area contributed by atoms with Crippen molar-refractivity contribution in [1.29, 1.82) is 0 Å². The number of piperazine rings is 1. The number of nitrogens with two attached hydrogens (primary N) is 1. The molecule has 0 saturated carbocycles. The number of nitrogen functional groups attached to an aromatic ring is 1. The van der Waals surface area contributed by atoms with Gasteiger partial charge in [-0.05, 0) is 24.6 Å². The molecule has 0 aliphatic carbocycles. The van der Waals surface area contributed by atoms with Crippen LogP contribution in [0.1, 0.15) is 22.8 Å². The molecule has 0 spiro atoms. The van der Waals surface area contributed by atoms with E-state index in [4.69, 9.17) is 17.3 Å². The van der Waals surface area contributed by atoms with E-state index in [9.17, 15) is 14.0 Å². The van der Waals surface area contributed by atoms with Crippen LogP contribution in [0.2, 0.25) is 5.02 Å². The van der Waals surface area contributed by atoms with E-state index in [0.717, 1.165) is 11.6 Å². The topological polar surface area (TPSA) is 84.5 Å². The molecule has 1 aliphatic rings. The lowest BCUT2D eigenvalue weighted by Crippen LogP contribution is -2.55. The minimum Gasteiger partial charge on any atom is -0.396 e. The molecule has 1 fully saturated rings. The van der Waals surface area contributed by atoms with Crippen LogP contribution >= 0.6 is 11.6 Å². The van der Waals surface area contributed by atoms with Crippen LogP contribution in [0.15, 0.2) is 24.5 Å². The summed E-state index contributed by atoms with van der Waals surface area (Å²) in [5.74, 6) is -1.13. The Labute approximate surface area is 161 Å². The van der Waals surface area contributed by atoms with Crippen molar-refractivity contribution in [2.45, 2.75) is 19.4 Å². The van der Waals surface area contributed by atoms with E-state index in [1.165, 1.54) is 6.07 Å². The summed E-state index contributed by atoms with van der Waals surface area (Å²) in [4.78, 5) is 28.6. The molecule has 0 unspecified atom stereocenters. The summed E-state index contributed by atoms with van der Waals surface area (Å²) < 4.78 is 15.5. The van der Waals surface area contributed by atoms with Crippen LogP contribution in [0.4, 0.5) is 10.1 Å². The third-order valence-electron chi connectivity index (χ3n) is 4.68. The van der Waals surface area contributed by atoms with Gasteiger partial charge in [0.2, 0.25) is 5.91 Å². The highest BCUT2D eigenvalue weighted by Gasteiger charge is 2.31. The molecule has 2 N–H and O–H groups in total. The number of aryl methyl sites for hydroxylation is 1. The van der Waals surface area contributed by atoms with Crippen molar-refractivity contribution >= 4 is 29.1 Å². The zero-order valence-electron chi connectivity index (χ0n) is 15.2. The molecule has 0 radical (unpaired) electrons. The van der Waals surface area contributed by atoms with Gasteiger partial charge in [0.25, 0.3) is 5.91 Å². The fourth-order valence-corrected chi connectivity index (χ4v) is 3.46. The number of anilines is 1. The highest BCUT2D eigenvalue weighted by Crippen LogP contribution is 2.25. The number of hydrogen-bond donors (Lipinski definition) is 1. The van der Waals surface area contributed by atoms with Crippen molar-refractivity contribution in [3.05, 3.63) is 46.5 Å². The SMILES string of the molecule is C[C@H]1CN(C(=O)Cc2cnn(C)c2)CCN1C(=O)c1cc(Cl)cc(F)c1N. The molecule has 9 heteroatoms. The average molecular weight is 394 g/mol. The van der Waals surface area contributed by atoms with Crippen molar-refractivity contribution in [2.24, 2.45) is 7.05 Å². The Morgan fingerprint density at radius 3 is 2.74 bits per heavy atom. The van der Waals surface area contributed by atoms with Crippen molar-refractivity contribution < 1.29 is 14.0 Å². The van der Waals surface area contributed by atoms with Gasteiger partial charge in [0, 0.05) is 43.9 Å². The molecule has 7 nitrogen and oxygen atoms in total. The second-order valence-corrected chi connectivity index (χ2v) is 7.17. The van der Waals surface area contributed by atoms with Crippen LogP contribution < -0.4 is 5.73 Å². The molecule has 27 heavy (non-hydrogen) atoms. The van der Waals surface area contributed by atoms with Gasteiger partial charge in [0.1, 0.15) is 5.82 Å². The zero-order chi connectivity index (χ0) is 19.7. The van der Waals surface area contributed by atoms with Gasteiger partial charge >= 0.3 is 0 Å². The number of hydrogen-bond acceptors (Lipinski definition) is 4. The van der Waals surface area contributed by atoms with Crippen molar-refractivity contribution in [3.8, 4) is 0 Å². The van der Waals surface area contributed by atoms with Crippen molar-refractivity contribution in [2.75, 3.05) is 25.4 Å². The number of carbonyl (C=O) groups is 2. The van der Waals surface area contributed by atoms with Gasteiger partial charge in [-0.3, -0.25) is 14.3 Å². The monoisotopic (exact) mass is 393 g/mol. The molecule has 0 bridgehead atoms. The van der Waals surface area contributed by atoms with Gasteiger partial charge in [0.15, 0.2) is 0 Å². The Bertz CT molecular complexity index is 885. The predicted octanol–water partition coefficient (Wildman–Crippen LogP) is 1.71. The smallest absolute Gasteiger partial charge is 0.256 e. The largest absolute Gasteiger partial charge is 0.396 e. The summed E-state index contributed by atoms with van der Waals surface area (Å²) in [6.07, 6.45) is 3.73. The Morgan fingerprint density at radius 2 is 2.11 bits per heavy atom. The molecular formula is C18H21ClFN5O2. The molecule has 2 aromatic rings. The summed E-state index contributed by atoms with van der Waals surface area (Å²) in [6, 6.07) is 2.21. The minimum atomic E-state index is -0.719. The molecular weight excluding hydrogens is 373 g/mol. The predicted molar refractivity (Wildman–Crippen MR) is 99.8 cm³/mol. The van der Waals surface area contributed by atoms with E-state index < -0.39 is 5.82 Å². The normalized spacial score (nSPS) is 17.3. The standard InChI is InChI=1S/C18H21ClFN5O2/c1-11-9-24(16(26)5-12-8-22-23(2)10-12)3-4-25(11)18(27)14-6-13(19)7-15(20)17(14)21/h6-8,10-11H,3-5,9,21H2,1-2H3/t11-/m0/s1. The second-order valence-electron chi connectivity index (χ2n) is 6.74. The van der Waals surface area contributed by atoms with Gasteiger partial charge in [-0.15, -0.1) is 0 Å². The van der Waals surface area contributed by atoms with E-state index >= 15 is 0 Å². The number of nitrogens with zero attached hydrogens (tertiary/aromatic N) is 4. The first-order chi connectivity index (χ1) is 12.8. The number of benzene rings is 1. The Balaban J connectivity index is 1.68. The van der Waals surface area contributed by atoms with Crippen molar-refractivity contribution in [1.82, 2.24) is 19.6 Å². The van der Waals surface area contributed by atoms with Gasteiger partial charge in [-0.25, -0.2) is 4.39 Å². The zero-order valence-corrected chi connectivity index (χ0v) is 15.9. The van der Waals surface area contributed by atoms with E-state index in [-0.39, 0.29) is 40.6 Å². The minimum absolute atomic E-state index is 0.0183. The maximum absolute atomic E-state index is 13.8. The fourth-order valence-electron chi connectivity index (χ4n) is 3.25. The van der Waals surface area contributed by atoms with E-state index in [0.29, 0.717) is 19.6 Å². The van der Waals surface area contributed by atoms with Gasteiger partial charge in [-0.1, -0.05) is 11.6 Å². The summed E-state index contributed by atoms with van der Waals surface area (Å²) in [7, 11) is 1.80. The summed E-state index contributed by atoms with van der Waals surface area (Å²) in [6.45, 7) is 2.98. The second kappa shape index (κ2) is 7.56. The number of halogens is 2. The maximum atomic E-state index is 13.8. The molecule has 1 atom stereocenters. The molecule has 2 amide bonds. The van der Waals surface area contributed by atoms with E-state index in [1.54, 1.807) is 33.9 Å². The number of rotatable bonds is 3. The molecule has 144 valence electrons. The van der Waals surface area contributed by atoms with Crippen LogP contribution in [-0.2, 0) is 18.3 Å². The van der Waals surface area contributed by atoms with Crippen LogP contribution in [0.3, 0.4) is 0 Å². The highest BCUT2D eigenvalue weighted by atomic mass is 35.5. The average Bonchev–Trinajstić information content (AvgIpc) is 3.02. The van der Waals surface area contributed by atoms with E-state index in [1.807, 2.05) is 6.92 Å². The lowest BCUT2D eigenvalue weighted by Gasteiger charge is -2.40. The quantitative estimate of drug-likeness (QED) is 0.804. The first-order valence-corrected chi connectivity index (χ1v) is 8.95. The first-order valence-electron chi connectivity index (χ1n) is 8.57. The molecule has 2 heterocycles. The van der Waals surface area contributed by atoms with Crippen molar-refractivity contribution in [3.63, 3.8) is 0 Å². The van der Waals surface area contributed by atoms with Crippen LogP contribution in [-0.4, -0.2) is 57.1 Å². The van der Waals surface area contributed by atoms with Crippen LogP contribution in [0.5, 0.6) is 0 Å². The Hall–Kier alpha value is -2.61.